The third-order valence-electron chi connectivity index (χ3n) is 5.45. The minimum atomic E-state index is -0.0884. The van der Waals surface area contributed by atoms with E-state index in [1.54, 1.807) is 6.07 Å². The smallest absolute Gasteiger partial charge is 0.258 e. The summed E-state index contributed by atoms with van der Waals surface area (Å²) in [5, 5.41) is 0.624. The number of fused-ring (bicyclic) bond motifs is 1. The van der Waals surface area contributed by atoms with Crippen LogP contribution in [0.1, 0.15) is 24.4 Å². The molecule has 28 heavy (non-hydrogen) atoms. The van der Waals surface area contributed by atoms with Gasteiger partial charge in [0.15, 0.2) is 0 Å². The summed E-state index contributed by atoms with van der Waals surface area (Å²) in [5.74, 6) is 0.690. The van der Waals surface area contributed by atoms with E-state index in [1.165, 1.54) is 11.3 Å². The Bertz CT molecular complexity index is 1010. The number of nitrogens with one attached hydrogen (secondary N) is 1. The summed E-state index contributed by atoms with van der Waals surface area (Å²) >= 11 is 0. The van der Waals surface area contributed by atoms with E-state index >= 15 is 0 Å². The molecular weight excluding hydrogens is 352 g/mol. The first kappa shape index (κ1) is 18.7. The summed E-state index contributed by atoms with van der Waals surface area (Å²) in [6.45, 7) is 6.20. The fraction of sp³-hybridized carbons (Fsp3) is 0.364. The summed E-state index contributed by atoms with van der Waals surface area (Å²) in [6.07, 6.45) is 0. The molecule has 1 atom stereocenters. The maximum atomic E-state index is 12.4. The van der Waals surface area contributed by atoms with Gasteiger partial charge in [-0.1, -0.05) is 30.3 Å². The van der Waals surface area contributed by atoms with Crippen LogP contribution in [-0.4, -0.2) is 48.2 Å². The number of hydrogen-bond donors (Lipinski definition) is 1. The second kappa shape index (κ2) is 8.12. The second-order valence-corrected chi connectivity index (χ2v) is 7.29. The molecule has 4 rings (SSSR count). The van der Waals surface area contributed by atoms with Crippen molar-refractivity contribution in [2.45, 2.75) is 19.5 Å². The molecule has 0 amide bonds. The van der Waals surface area contributed by atoms with Gasteiger partial charge in [-0.15, -0.1) is 0 Å². The molecule has 1 N–H and O–H groups in total. The molecule has 0 unspecified atom stereocenters. The van der Waals surface area contributed by atoms with Gasteiger partial charge in [-0.25, -0.2) is 4.98 Å². The molecule has 0 bridgehead atoms. The van der Waals surface area contributed by atoms with Crippen LogP contribution in [0.15, 0.2) is 53.3 Å². The van der Waals surface area contributed by atoms with Crippen LogP contribution in [0, 0.1) is 0 Å². The lowest BCUT2D eigenvalue weighted by Crippen LogP contribution is -2.37. The molecule has 0 radical (unpaired) electrons. The van der Waals surface area contributed by atoms with Gasteiger partial charge in [-0.3, -0.25) is 9.69 Å². The zero-order chi connectivity index (χ0) is 19.5. The number of rotatable bonds is 5. The van der Waals surface area contributed by atoms with Crippen molar-refractivity contribution in [2.24, 2.45) is 0 Å². The van der Waals surface area contributed by atoms with Crippen LogP contribution in [0.25, 0.3) is 10.9 Å². The largest absolute Gasteiger partial charge is 0.378 e. The van der Waals surface area contributed by atoms with Crippen LogP contribution in [0.4, 0.5) is 5.69 Å². The van der Waals surface area contributed by atoms with Gasteiger partial charge in [0.2, 0.25) is 0 Å². The third kappa shape index (κ3) is 3.79. The maximum absolute atomic E-state index is 12.4. The van der Waals surface area contributed by atoms with E-state index < -0.39 is 0 Å². The Hall–Kier alpha value is -2.70. The average molecular weight is 378 g/mol. The van der Waals surface area contributed by atoms with Gasteiger partial charge in [0.1, 0.15) is 5.82 Å². The van der Waals surface area contributed by atoms with E-state index in [9.17, 15) is 4.79 Å². The van der Waals surface area contributed by atoms with Crippen LogP contribution < -0.4 is 10.5 Å². The molecule has 146 valence electrons. The predicted molar refractivity (Wildman–Crippen MR) is 112 cm³/mol. The standard InChI is InChI=1S/C22H26N4O2/c1-16(21-23-19-9-5-4-8-18(19)22(27)24-21)25(2)15-17-7-3-6-10-20(17)26-11-13-28-14-12-26/h3-10,16H,11-15H2,1-2H3,(H,23,24,27)/t16-/m0/s1. The van der Waals surface area contributed by atoms with Crippen molar-refractivity contribution in [2.75, 3.05) is 38.3 Å². The second-order valence-electron chi connectivity index (χ2n) is 7.29. The summed E-state index contributed by atoms with van der Waals surface area (Å²) < 4.78 is 5.49. The molecule has 1 saturated heterocycles. The fourth-order valence-corrected chi connectivity index (χ4v) is 3.67. The van der Waals surface area contributed by atoms with E-state index in [2.05, 4.69) is 58.0 Å². The highest BCUT2D eigenvalue weighted by Gasteiger charge is 2.19. The summed E-state index contributed by atoms with van der Waals surface area (Å²) in [7, 11) is 2.07. The molecule has 2 aromatic carbocycles. The minimum Gasteiger partial charge on any atom is -0.378 e. The fourth-order valence-electron chi connectivity index (χ4n) is 3.67. The van der Waals surface area contributed by atoms with Gasteiger partial charge in [-0.2, -0.15) is 0 Å². The summed E-state index contributed by atoms with van der Waals surface area (Å²) in [4.78, 5) is 24.7. The van der Waals surface area contributed by atoms with Crippen LogP contribution in [0.3, 0.4) is 0 Å². The van der Waals surface area contributed by atoms with Crippen molar-refractivity contribution in [3.05, 3.63) is 70.3 Å². The van der Waals surface area contributed by atoms with E-state index in [0.29, 0.717) is 11.2 Å². The zero-order valence-electron chi connectivity index (χ0n) is 16.4. The first-order chi connectivity index (χ1) is 13.6. The summed E-state index contributed by atoms with van der Waals surface area (Å²) in [6, 6.07) is 15.9. The minimum absolute atomic E-state index is 0.0185. The Morgan fingerprint density at radius 2 is 1.86 bits per heavy atom. The third-order valence-corrected chi connectivity index (χ3v) is 5.45. The number of morpholine rings is 1. The normalized spacial score (nSPS) is 15.9. The molecule has 0 saturated carbocycles. The van der Waals surface area contributed by atoms with Crippen molar-refractivity contribution < 1.29 is 4.74 Å². The highest BCUT2D eigenvalue weighted by molar-refractivity contribution is 5.77. The molecule has 2 heterocycles. The highest BCUT2D eigenvalue weighted by atomic mass is 16.5. The number of H-pyrrole nitrogens is 1. The highest BCUT2D eigenvalue weighted by Crippen LogP contribution is 2.25. The number of aromatic nitrogens is 2. The molecule has 1 aliphatic rings. The molecule has 3 aromatic rings. The van der Waals surface area contributed by atoms with E-state index in [1.807, 2.05) is 18.2 Å². The van der Waals surface area contributed by atoms with Crippen LogP contribution in [-0.2, 0) is 11.3 Å². The predicted octanol–water partition coefficient (Wildman–Crippen LogP) is 2.95. The van der Waals surface area contributed by atoms with Crippen LogP contribution >= 0.6 is 0 Å². The Kier molecular flexibility index (Phi) is 5.41. The van der Waals surface area contributed by atoms with Crippen molar-refractivity contribution in [3.8, 4) is 0 Å². The van der Waals surface area contributed by atoms with Gasteiger partial charge < -0.3 is 14.6 Å². The average Bonchev–Trinajstić information content (AvgIpc) is 2.74. The lowest BCUT2D eigenvalue weighted by atomic mass is 10.1. The van der Waals surface area contributed by atoms with Crippen molar-refractivity contribution in [1.29, 1.82) is 0 Å². The number of anilines is 1. The number of aromatic amines is 1. The van der Waals surface area contributed by atoms with Gasteiger partial charge >= 0.3 is 0 Å². The molecule has 0 aliphatic carbocycles. The monoisotopic (exact) mass is 378 g/mol. The number of ether oxygens (including phenoxy) is 1. The van der Waals surface area contributed by atoms with Gasteiger partial charge in [0, 0.05) is 25.3 Å². The molecule has 6 heteroatoms. The SMILES string of the molecule is C[C@@H](c1nc2ccccc2c(=O)[nH]1)N(C)Cc1ccccc1N1CCOCC1. The van der Waals surface area contributed by atoms with Crippen LogP contribution in [0.5, 0.6) is 0 Å². The molecule has 1 aliphatic heterocycles. The zero-order valence-corrected chi connectivity index (χ0v) is 16.4. The Morgan fingerprint density at radius 1 is 1.14 bits per heavy atom. The molecule has 6 nitrogen and oxygen atoms in total. The molecule has 0 spiro atoms. The topological polar surface area (TPSA) is 61.5 Å². The number of benzene rings is 2. The maximum Gasteiger partial charge on any atom is 0.258 e. The van der Waals surface area contributed by atoms with Gasteiger partial charge in [0.05, 0.1) is 30.2 Å². The Labute approximate surface area is 164 Å². The van der Waals surface area contributed by atoms with E-state index in [-0.39, 0.29) is 11.6 Å². The first-order valence-electron chi connectivity index (χ1n) is 9.73. The Balaban J connectivity index is 1.57. The lowest BCUT2D eigenvalue weighted by Gasteiger charge is -2.32. The van der Waals surface area contributed by atoms with E-state index in [0.717, 1.165) is 38.4 Å². The van der Waals surface area contributed by atoms with Crippen molar-refractivity contribution in [1.82, 2.24) is 14.9 Å². The summed E-state index contributed by atoms with van der Waals surface area (Å²) in [5.41, 5.74) is 3.16. The van der Waals surface area contributed by atoms with Crippen LogP contribution in [0.2, 0.25) is 0 Å². The number of nitrogens with zero attached hydrogens (tertiary/aromatic N) is 3. The Morgan fingerprint density at radius 3 is 2.68 bits per heavy atom. The molecule has 1 fully saturated rings. The van der Waals surface area contributed by atoms with Gasteiger partial charge in [0.25, 0.3) is 5.56 Å². The van der Waals surface area contributed by atoms with Crippen molar-refractivity contribution >= 4 is 16.6 Å². The number of para-hydroxylation sites is 2. The molecular formula is C22H26N4O2. The van der Waals surface area contributed by atoms with Crippen molar-refractivity contribution in [3.63, 3.8) is 0 Å². The quantitative estimate of drug-likeness (QED) is 0.740. The molecule has 1 aromatic heterocycles. The van der Waals surface area contributed by atoms with Gasteiger partial charge in [-0.05, 0) is 37.7 Å². The first-order valence-corrected chi connectivity index (χ1v) is 9.73. The van der Waals surface area contributed by atoms with E-state index in [4.69, 9.17) is 4.74 Å². The lowest BCUT2D eigenvalue weighted by molar-refractivity contribution is 0.122. The number of hydrogen-bond acceptors (Lipinski definition) is 5.